The summed E-state index contributed by atoms with van der Waals surface area (Å²) < 4.78 is 6.70. The Morgan fingerprint density at radius 2 is 1.25 bits per heavy atom. The molecule has 7 heteroatoms. The molecule has 48 heavy (non-hydrogen) atoms. The summed E-state index contributed by atoms with van der Waals surface area (Å²) in [5.74, 6) is 0.634. The van der Waals surface area contributed by atoms with Gasteiger partial charge in [0.05, 0.1) is 10.2 Å². The molecule has 3 aromatic heterocycles. The molecule has 0 aliphatic carbocycles. The number of phenols is 1. The van der Waals surface area contributed by atoms with Gasteiger partial charge in [-0.2, -0.15) is 0 Å². The number of phenolic OH excluding ortho intramolecular Hbond substituents is 1. The average Bonchev–Trinajstić information content (AvgIpc) is 3.59. The van der Waals surface area contributed by atoms with E-state index < -0.39 is 0 Å². The number of hydrogen-bond acceptors (Lipinski definition) is 6. The largest absolute Gasteiger partial charge is 0.505 e. The lowest BCUT2D eigenvalue weighted by Gasteiger charge is -2.20. The predicted octanol–water partition coefficient (Wildman–Crippen LogP) is 12.0. The van der Waals surface area contributed by atoms with Crippen molar-refractivity contribution in [1.82, 2.24) is 15.0 Å². The standard InChI is InChI=1S/C39H22ClN3O2S.C2H6/c40-45-38-29(18-14-23-8-6-20-42-36(23)38)33-25-9-1-2-10-26(25)34(28-17-13-22-7-5-19-41-35(22)37(28)44)30-21-24(15-16-27(30)33)39-43-31-11-3-4-12-32(31)46-39;1-2/h1-21,44H;1-2H3. The van der Waals surface area contributed by atoms with Crippen LogP contribution in [0.15, 0.2) is 128 Å². The van der Waals surface area contributed by atoms with Crippen molar-refractivity contribution in [3.8, 4) is 44.3 Å². The monoisotopic (exact) mass is 661 g/mol. The van der Waals surface area contributed by atoms with Crippen LogP contribution in [-0.4, -0.2) is 20.1 Å². The highest BCUT2D eigenvalue weighted by molar-refractivity contribution is 7.21. The molecule has 0 fully saturated rings. The van der Waals surface area contributed by atoms with E-state index in [1.165, 1.54) is 0 Å². The molecule has 0 unspecified atom stereocenters. The summed E-state index contributed by atoms with van der Waals surface area (Å²) >= 11 is 7.88. The van der Waals surface area contributed by atoms with E-state index in [1.807, 2.05) is 92.7 Å². The molecule has 3 heterocycles. The van der Waals surface area contributed by atoms with Gasteiger partial charge < -0.3 is 9.40 Å². The van der Waals surface area contributed by atoms with Gasteiger partial charge in [-0.3, -0.25) is 9.97 Å². The van der Waals surface area contributed by atoms with Crippen molar-refractivity contribution < 1.29 is 9.40 Å². The molecule has 5 nitrogen and oxygen atoms in total. The number of nitrogens with zero attached hydrogens (tertiary/aromatic N) is 3. The second-order valence-corrected chi connectivity index (χ2v) is 12.4. The van der Waals surface area contributed by atoms with Gasteiger partial charge in [0, 0.05) is 51.0 Å². The Bertz CT molecular complexity index is 2640. The number of halogens is 1. The van der Waals surface area contributed by atoms with E-state index in [4.69, 9.17) is 21.1 Å². The Labute approximate surface area is 285 Å². The van der Waals surface area contributed by atoms with Crippen LogP contribution in [0.5, 0.6) is 11.5 Å². The maximum Gasteiger partial charge on any atom is 0.180 e. The number of rotatable bonds is 4. The highest BCUT2D eigenvalue weighted by Crippen LogP contribution is 2.50. The smallest absolute Gasteiger partial charge is 0.180 e. The molecule has 0 bridgehead atoms. The Hall–Kier alpha value is -5.56. The van der Waals surface area contributed by atoms with Crippen LogP contribution in [0.2, 0.25) is 0 Å². The van der Waals surface area contributed by atoms with E-state index >= 15 is 0 Å². The summed E-state index contributed by atoms with van der Waals surface area (Å²) in [6, 6.07) is 38.7. The average molecular weight is 662 g/mol. The SMILES string of the molecule is CC.Oc1c(-c2c3ccccc3c(-c3ccc4cccnc4c3OCl)c3ccc(-c4nc5ccccc5s4)cc23)ccc2cccnc12. The zero-order chi connectivity index (χ0) is 32.8. The van der Waals surface area contributed by atoms with Gasteiger partial charge in [-0.25, -0.2) is 4.98 Å². The lowest BCUT2D eigenvalue weighted by atomic mass is 9.84. The first-order chi connectivity index (χ1) is 23.7. The molecule has 0 aliphatic heterocycles. The second-order valence-electron chi connectivity index (χ2n) is 11.2. The van der Waals surface area contributed by atoms with Gasteiger partial charge in [-0.15, -0.1) is 11.3 Å². The van der Waals surface area contributed by atoms with Gasteiger partial charge in [0.25, 0.3) is 0 Å². The fourth-order valence-electron chi connectivity index (χ4n) is 6.61. The van der Waals surface area contributed by atoms with Gasteiger partial charge in [-0.1, -0.05) is 86.6 Å². The maximum absolute atomic E-state index is 11.8. The summed E-state index contributed by atoms with van der Waals surface area (Å²) in [4.78, 5) is 14.1. The molecule has 232 valence electrons. The van der Waals surface area contributed by atoms with Gasteiger partial charge in [0.2, 0.25) is 0 Å². The summed E-state index contributed by atoms with van der Waals surface area (Å²) in [6.07, 6.45) is 3.45. The summed E-state index contributed by atoms with van der Waals surface area (Å²) in [6.45, 7) is 4.00. The number of hydrogen-bond donors (Lipinski definition) is 1. The fourth-order valence-corrected chi connectivity index (χ4v) is 7.73. The number of aromatic hydroxyl groups is 1. The number of thiazole rings is 1. The summed E-state index contributed by atoms with van der Waals surface area (Å²) in [7, 11) is 0. The Balaban J connectivity index is 0.00000165. The molecule has 0 radical (unpaired) electrons. The predicted molar refractivity (Wildman–Crippen MR) is 201 cm³/mol. The molecule has 9 rings (SSSR count). The van der Waals surface area contributed by atoms with Crippen LogP contribution in [0.4, 0.5) is 0 Å². The number of benzene rings is 6. The topological polar surface area (TPSA) is 68.1 Å². The minimum absolute atomic E-state index is 0.141. The van der Waals surface area contributed by atoms with Crippen molar-refractivity contribution in [2.24, 2.45) is 0 Å². The van der Waals surface area contributed by atoms with Crippen molar-refractivity contribution in [1.29, 1.82) is 0 Å². The zero-order valence-electron chi connectivity index (χ0n) is 26.1. The molecule has 0 aliphatic rings. The number of aromatic nitrogens is 3. The van der Waals surface area contributed by atoms with Crippen LogP contribution >= 0.6 is 23.2 Å². The third-order valence-electron chi connectivity index (χ3n) is 8.66. The Kier molecular flexibility index (Phi) is 7.60. The lowest BCUT2D eigenvalue weighted by molar-refractivity contribution is 0.482. The minimum atomic E-state index is 0.141. The van der Waals surface area contributed by atoms with E-state index in [0.29, 0.717) is 22.3 Å². The van der Waals surface area contributed by atoms with E-state index in [9.17, 15) is 5.11 Å². The van der Waals surface area contributed by atoms with E-state index in [2.05, 4.69) is 46.4 Å². The molecule has 0 atom stereocenters. The third kappa shape index (κ3) is 4.72. The van der Waals surface area contributed by atoms with Crippen LogP contribution in [0.25, 0.3) is 86.4 Å². The number of para-hydroxylation sites is 1. The number of fused-ring (bicyclic) bond motifs is 5. The highest BCUT2D eigenvalue weighted by atomic mass is 35.5. The molecule has 0 spiro atoms. The fraction of sp³-hybridized carbons (Fsp3) is 0.0488. The van der Waals surface area contributed by atoms with Crippen molar-refractivity contribution in [3.05, 3.63) is 128 Å². The summed E-state index contributed by atoms with van der Waals surface area (Å²) in [5, 5.41) is 18.4. The van der Waals surface area contributed by atoms with Crippen LogP contribution in [0.3, 0.4) is 0 Å². The first-order valence-electron chi connectivity index (χ1n) is 15.8. The zero-order valence-corrected chi connectivity index (χ0v) is 27.7. The second kappa shape index (κ2) is 12.2. The molecule has 0 saturated carbocycles. The van der Waals surface area contributed by atoms with E-state index in [1.54, 1.807) is 23.7 Å². The van der Waals surface area contributed by atoms with Crippen molar-refractivity contribution >= 4 is 76.8 Å². The molecular formula is C41H28ClN3O2S. The first kappa shape index (κ1) is 29.8. The van der Waals surface area contributed by atoms with Crippen molar-refractivity contribution in [2.75, 3.05) is 0 Å². The van der Waals surface area contributed by atoms with E-state index in [-0.39, 0.29) is 5.75 Å². The minimum Gasteiger partial charge on any atom is -0.505 e. The summed E-state index contributed by atoms with van der Waals surface area (Å²) in [5.41, 5.74) is 6.60. The van der Waals surface area contributed by atoms with Gasteiger partial charge in [0.15, 0.2) is 5.75 Å². The molecule has 0 amide bonds. The van der Waals surface area contributed by atoms with Gasteiger partial charge in [0.1, 0.15) is 33.7 Å². The Morgan fingerprint density at radius 3 is 1.98 bits per heavy atom. The number of pyridine rings is 2. The van der Waals surface area contributed by atoms with Crippen LogP contribution < -0.4 is 4.29 Å². The van der Waals surface area contributed by atoms with Gasteiger partial charge >= 0.3 is 0 Å². The molecule has 9 aromatic rings. The van der Waals surface area contributed by atoms with Crippen molar-refractivity contribution in [3.63, 3.8) is 0 Å². The molecule has 6 aromatic carbocycles. The molecule has 1 N–H and O–H groups in total. The molecular weight excluding hydrogens is 634 g/mol. The normalized spacial score (nSPS) is 11.3. The van der Waals surface area contributed by atoms with Crippen LogP contribution in [-0.2, 0) is 0 Å². The highest BCUT2D eigenvalue weighted by Gasteiger charge is 2.23. The Morgan fingerprint density at radius 1 is 0.625 bits per heavy atom. The molecule has 0 saturated heterocycles. The first-order valence-corrected chi connectivity index (χ1v) is 16.9. The van der Waals surface area contributed by atoms with Crippen LogP contribution in [0.1, 0.15) is 13.8 Å². The lowest BCUT2D eigenvalue weighted by Crippen LogP contribution is -1.94. The van der Waals surface area contributed by atoms with Crippen molar-refractivity contribution in [2.45, 2.75) is 13.8 Å². The maximum atomic E-state index is 11.8. The van der Waals surface area contributed by atoms with Gasteiger partial charge in [-0.05, 0) is 64.0 Å². The van der Waals surface area contributed by atoms with E-state index in [0.717, 1.165) is 69.8 Å². The quantitative estimate of drug-likeness (QED) is 0.190. The van der Waals surface area contributed by atoms with Crippen LogP contribution in [0, 0.1) is 0 Å². The third-order valence-corrected chi connectivity index (χ3v) is 9.90.